The van der Waals surface area contributed by atoms with Crippen molar-refractivity contribution in [2.75, 3.05) is 26.2 Å². The molecular weight excluding hydrogens is 571 g/mol. The number of nitrogens with zero attached hydrogens (tertiary/aromatic N) is 4. The molecule has 8 nitrogen and oxygen atoms in total. The first-order valence-electron chi connectivity index (χ1n) is 16.0. The van der Waals surface area contributed by atoms with Gasteiger partial charge in [0.2, 0.25) is 11.8 Å². The summed E-state index contributed by atoms with van der Waals surface area (Å²) in [5.41, 5.74) is 2.50. The molecule has 2 amide bonds. The molecule has 3 aliphatic rings. The van der Waals surface area contributed by atoms with E-state index in [2.05, 4.69) is 22.1 Å². The number of aromatic nitrogens is 2. The Balaban J connectivity index is 1.12. The minimum absolute atomic E-state index is 0.0201. The second-order valence-corrected chi connectivity index (χ2v) is 12.4. The second kappa shape index (κ2) is 12.8. The predicted molar refractivity (Wildman–Crippen MR) is 168 cm³/mol. The third-order valence-electron chi connectivity index (χ3n) is 9.48. The number of pyridine rings is 2. The van der Waals surface area contributed by atoms with E-state index < -0.39 is 11.9 Å². The van der Waals surface area contributed by atoms with Gasteiger partial charge in [0.1, 0.15) is 5.75 Å². The lowest BCUT2D eigenvalue weighted by molar-refractivity contribution is -0.145. The molecule has 1 saturated heterocycles. The molecule has 0 radical (unpaired) electrons. The van der Waals surface area contributed by atoms with Crippen LogP contribution in [0.1, 0.15) is 55.6 Å². The van der Waals surface area contributed by atoms with Crippen molar-refractivity contribution >= 4 is 22.7 Å². The highest BCUT2D eigenvalue weighted by Crippen LogP contribution is 2.41. The van der Waals surface area contributed by atoms with E-state index in [4.69, 9.17) is 9.47 Å². The lowest BCUT2D eigenvalue weighted by Crippen LogP contribution is -2.50. The molecule has 0 unspecified atom stereocenters. The van der Waals surface area contributed by atoms with Crippen molar-refractivity contribution in [3.05, 3.63) is 90.0 Å². The van der Waals surface area contributed by atoms with E-state index >= 15 is 4.39 Å². The van der Waals surface area contributed by atoms with Gasteiger partial charge in [-0.3, -0.25) is 14.6 Å². The lowest BCUT2D eigenvalue weighted by atomic mass is 9.72. The molecule has 0 bridgehead atoms. The summed E-state index contributed by atoms with van der Waals surface area (Å²) in [6.07, 6.45) is 8.79. The summed E-state index contributed by atoms with van der Waals surface area (Å²) in [4.78, 5) is 39.7. The zero-order valence-corrected chi connectivity index (χ0v) is 25.2. The van der Waals surface area contributed by atoms with Crippen LogP contribution in [-0.2, 0) is 16.0 Å². The first kappa shape index (κ1) is 29.2. The fourth-order valence-corrected chi connectivity index (χ4v) is 6.72. The minimum Gasteiger partial charge on any atom is -0.480 e. The third-order valence-corrected chi connectivity index (χ3v) is 9.48. The smallest absolute Gasteiger partial charge is 0.264 e. The number of rotatable bonds is 9. The Kier molecular flexibility index (Phi) is 8.33. The number of hydrogen-bond acceptors (Lipinski definition) is 6. The van der Waals surface area contributed by atoms with Gasteiger partial charge in [0.15, 0.2) is 17.7 Å². The number of halogens is 1. The van der Waals surface area contributed by atoms with Gasteiger partial charge < -0.3 is 19.3 Å². The van der Waals surface area contributed by atoms with E-state index in [-0.39, 0.29) is 35.9 Å². The summed E-state index contributed by atoms with van der Waals surface area (Å²) < 4.78 is 27.3. The average Bonchev–Trinajstić information content (AvgIpc) is 3.59. The molecule has 1 aliphatic carbocycles. The summed E-state index contributed by atoms with van der Waals surface area (Å²) in [5, 5.41) is 0.896. The zero-order chi connectivity index (χ0) is 30.8. The first-order chi connectivity index (χ1) is 22.0. The molecule has 4 aromatic rings. The molecule has 1 saturated carbocycles. The monoisotopic (exact) mass is 608 g/mol. The predicted octanol–water partition coefficient (Wildman–Crippen LogP) is 6.29. The highest BCUT2D eigenvalue weighted by molar-refractivity contribution is 5.87. The van der Waals surface area contributed by atoms with Crippen LogP contribution >= 0.6 is 0 Å². The average molecular weight is 609 g/mol. The molecule has 2 aromatic carbocycles. The van der Waals surface area contributed by atoms with Gasteiger partial charge >= 0.3 is 0 Å². The summed E-state index contributed by atoms with van der Waals surface area (Å²) >= 11 is 0. The van der Waals surface area contributed by atoms with Crippen molar-refractivity contribution in [1.82, 2.24) is 19.8 Å². The molecule has 9 heteroatoms. The van der Waals surface area contributed by atoms with Crippen LogP contribution in [0, 0.1) is 11.7 Å². The van der Waals surface area contributed by atoms with Crippen molar-refractivity contribution in [2.24, 2.45) is 5.92 Å². The van der Waals surface area contributed by atoms with Crippen LogP contribution in [0.25, 0.3) is 10.9 Å². The van der Waals surface area contributed by atoms with Gasteiger partial charge in [0.05, 0.1) is 18.3 Å². The Bertz CT molecular complexity index is 1690. The fourth-order valence-electron chi connectivity index (χ4n) is 6.72. The van der Waals surface area contributed by atoms with Crippen LogP contribution < -0.4 is 9.47 Å². The number of ether oxygens (including phenoxy) is 2. The Morgan fingerprint density at radius 3 is 2.62 bits per heavy atom. The Labute approximate surface area is 262 Å². The van der Waals surface area contributed by atoms with Gasteiger partial charge in [-0.2, -0.15) is 0 Å². The van der Waals surface area contributed by atoms with Crippen LogP contribution in [0.15, 0.2) is 73.1 Å². The van der Waals surface area contributed by atoms with Crippen LogP contribution in [0.5, 0.6) is 17.4 Å². The molecular formula is C36H37FN4O4. The highest BCUT2D eigenvalue weighted by atomic mass is 19.1. The first-order valence-corrected chi connectivity index (χ1v) is 16.0. The maximum atomic E-state index is 15.1. The largest absolute Gasteiger partial charge is 0.480 e. The molecule has 0 spiro atoms. The molecule has 2 aromatic heterocycles. The Morgan fingerprint density at radius 2 is 1.84 bits per heavy atom. The molecule has 2 fully saturated rings. The van der Waals surface area contributed by atoms with Gasteiger partial charge in [-0.1, -0.05) is 36.8 Å². The number of amides is 2. The SMILES string of the molecule is O=C(CN(C[C@@H](c1ccccc1)C1CCC1)C(=O)[C@H]1CCc2cc(F)c(Oc3ccc4ccncc4n3)cc2O1)N1CCCC1. The van der Waals surface area contributed by atoms with E-state index in [0.29, 0.717) is 42.1 Å². The summed E-state index contributed by atoms with van der Waals surface area (Å²) in [7, 11) is 0. The topological polar surface area (TPSA) is 84.9 Å². The maximum Gasteiger partial charge on any atom is 0.264 e. The van der Waals surface area contributed by atoms with Gasteiger partial charge in [-0.15, -0.1) is 0 Å². The van der Waals surface area contributed by atoms with Gasteiger partial charge in [0.25, 0.3) is 5.91 Å². The Morgan fingerprint density at radius 1 is 1.02 bits per heavy atom. The van der Waals surface area contributed by atoms with Crippen LogP contribution in [0.3, 0.4) is 0 Å². The summed E-state index contributed by atoms with van der Waals surface area (Å²) in [6, 6.07) is 18.6. The maximum absolute atomic E-state index is 15.1. The number of fused-ring (bicyclic) bond motifs is 2. The number of benzene rings is 2. The van der Waals surface area contributed by atoms with E-state index in [0.717, 1.165) is 44.2 Å². The van der Waals surface area contributed by atoms with Crippen molar-refractivity contribution in [1.29, 1.82) is 0 Å². The van der Waals surface area contributed by atoms with Gasteiger partial charge in [-0.25, -0.2) is 9.37 Å². The van der Waals surface area contributed by atoms with Gasteiger partial charge in [0, 0.05) is 49.3 Å². The molecule has 2 atom stereocenters. The molecule has 7 rings (SSSR count). The van der Waals surface area contributed by atoms with Crippen LogP contribution in [-0.4, -0.2) is 63.9 Å². The molecule has 2 aliphatic heterocycles. The van der Waals surface area contributed by atoms with E-state index in [1.807, 2.05) is 35.2 Å². The van der Waals surface area contributed by atoms with E-state index in [1.165, 1.54) is 24.1 Å². The normalized spacial score (nSPS) is 18.5. The van der Waals surface area contributed by atoms with Crippen molar-refractivity contribution in [2.45, 2.75) is 57.0 Å². The molecule has 4 heterocycles. The zero-order valence-electron chi connectivity index (χ0n) is 25.2. The number of hydrogen-bond donors (Lipinski definition) is 0. The lowest BCUT2D eigenvalue weighted by Gasteiger charge is -2.39. The van der Waals surface area contributed by atoms with Crippen molar-refractivity contribution in [3.8, 4) is 17.4 Å². The summed E-state index contributed by atoms with van der Waals surface area (Å²) in [6.45, 7) is 1.95. The Hall–Kier alpha value is -4.53. The van der Waals surface area contributed by atoms with E-state index in [1.54, 1.807) is 23.4 Å². The highest BCUT2D eigenvalue weighted by Gasteiger charge is 2.37. The molecule has 0 N–H and O–H groups in total. The van der Waals surface area contributed by atoms with Crippen LogP contribution in [0.2, 0.25) is 0 Å². The number of likely N-dealkylation sites (tertiary alicyclic amines) is 1. The third kappa shape index (κ3) is 6.34. The van der Waals surface area contributed by atoms with Crippen LogP contribution in [0.4, 0.5) is 4.39 Å². The number of aryl methyl sites for hydroxylation is 1. The van der Waals surface area contributed by atoms with Crippen molar-refractivity contribution < 1.29 is 23.5 Å². The van der Waals surface area contributed by atoms with Crippen molar-refractivity contribution in [3.63, 3.8) is 0 Å². The van der Waals surface area contributed by atoms with Gasteiger partial charge in [-0.05, 0) is 73.8 Å². The molecule has 45 heavy (non-hydrogen) atoms. The number of carbonyl (C=O) groups excluding carboxylic acids is 2. The standard InChI is InChI=1S/C36H37FN4O4/c37-29-19-27-11-13-31(44-32(27)20-33(29)45-34-14-12-26-15-16-38-21-30(26)39-34)36(43)41(23-35(42)40-17-4-5-18-40)22-28(25-9-6-10-25)24-7-2-1-3-8-24/h1-3,7-8,12,14-16,19-21,25,28,31H,4-6,9-11,13,17-18,22-23H2/t28-,31+/m0/s1. The summed E-state index contributed by atoms with van der Waals surface area (Å²) in [5.74, 6) is 0.462. The fraction of sp³-hybridized carbons (Fsp3) is 0.389. The van der Waals surface area contributed by atoms with E-state index in [9.17, 15) is 9.59 Å². The number of carbonyl (C=O) groups is 2. The minimum atomic E-state index is -0.787. The second-order valence-electron chi connectivity index (χ2n) is 12.4. The molecule has 232 valence electrons. The quantitative estimate of drug-likeness (QED) is 0.222.